The third-order valence-corrected chi connectivity index (χ3v) is 4.22. The van der Waals surface area contributed by atoms with Crippen molar-refractivity contribution in [2.75, 3.05) is 11.1 Å². The molecule has 1 aromatic carbocycles. The average Bonchev–Trinajstić information content (AvgIpc) is 3.32. The summed E-state index contributed by atoms with van der Waals surface area (Å²) in [7, 11) is 3.67. The fraction of sp³-hybridized carbons (Fsp3) is 0.105. The van der Waals surface area contributed by atoms with Gasteiger partial charge in [0.05, 0.1) is 41.9 Å². The Hall–Kier alpha value is -4.01. The molecule has 0 aliphatic carbocycles. The van der Waals surface area contributed by atoms with Gasteiger partial charge in [0.1, 0.15) is 5.69 Å². The van der Waals surface area contributed by atoms with E-state index >= 15 is 0 Å². The summed E-state index contributed by atoms with van der Waals surface area (Å²) in [5.41, 5.74) is 10.5. The number of rotatable bonds is 4. The van der Waals surface area contributed by atoms with Crippen LogP contribution in [0.15, 0.2) is 55.4 Å². The number of hydrogen-bond acceptors (Lipinski definition) is 6. The lowest BCUT2D eigenvalue weighted by Gasteiger charge is -2.09. The van der Waals surface area contributed by atoms with Crippen LogP contribution >= 0.6 is 0 Å². The smallest absolute Gasteiger partial charge is 0.275 e. The summed E-state index contributed by atoms with van der Waals surface area (Å²) in [6.07, 6.45) is 10.1. The van der Waals surface area contributed by atoms with Crippen molar-refractivity contribution in [1.29, 1.82) is 0 Å². The molecule has 3 heterocycles. The summed E-state index contributed by atoms with van der Waals surface area (Å²) < 4.78 is 3.39. The minimum absolute atomic E-state index is 0.193. The molecular formula is C19H18N8O. The number of nitrogens with one attached hydrogen (secondary N) is 1. The summed E-state index contributed by atoms with van der Waals surface area (Å²) in [4.78, 5) is 21.1. The predicted molar refractivity (Wildman–Crippen MR) is 105 cm³/mol. The van der Waals surface area contributed by atoms with Crippen molar-refractivity contribution in [3.8, 4) is 22.4 Å². The fourth-order valence-electron chi connectivity index (χ4n) is 2.75. The maximum atomic E-state index is 12.6. The van der Waals surface area contributed by atoms with Crippen LogP contribution in [0.5, 0.6) is 0 Å². The second-order valence-electron chi connectivity index (χ2n) is 6.35. The number of aromatic nitrogens is 6. The van der Waals surface area contributed by atoms with Crippen molar-refractivity contribution in [3.63, 3.8) is 0 Å². The number of amides is 1. The third kappa shape index (κ3) is 3.45. The highest BCUT2D eigenvalue weighted by atomic mass is 16.1. The molecule has 0 bridgehead atoms. The number of nitrogens with zero attached hydrogens (tertiary/aromatic N) is 6. The first-order valence-corrected chi connectivity index (χ1v) is 8.50. The van der Waals surface area contributed by atoms with Crippen LogP contribution in [0.2, 0.25) is 0 Å². The van der Waals surface area contributed by atoms with E-state index in [-0.39, 0.29) is 11.6 Å². The van der Waals surface area contributed by atoms with Crippen LogP contribution in [-0.4, -0.2) is 35.4 Å². The lowest BCUT2D eigenvalue weighted by atomic mass is 10.1. The predicted octanol–water partition coefficient (Wildman–Crippen LogP) is 2.11. The molecular weight excluding hydrogens is 356 g/mol. The van der Waals surface area contributed by atoms with Crippen molar-refractivity contribution in [2.45, 2.75) is 0 Å². The van der Waals surface area contributed by atoms with Crippen molar-refractivity contribution in [3.05, 3.63) is 61.1 Å². The molecule has 28 heavy (non-hydrogen) atoms. The topological polar surface area (TPSA) is 117 Å². The third-order valence-electron chi connectivity index (χ3n) is 4.22. The van der Waals surface area contributed by atoms with E-state index in [0.29, 0.717) is 17.1 Å². The quantitative estimate of drug-likeness (QED) is 0.529. The van der Waals surface area contributed by atoms with Crippen LogP contribution in [0.4, 0.5) is 11.4 Å². The van der Waals surface area contributed by atoms with Crippen LogP contribution in [0.1, 0.15) is 10.5 Å². The molecule has 0 atom stereocenters. The summed E-state index contributed by atoms with van der Waals surface area (Å²) >= 11 is 0. The van der Waals surface area contributed by atoms with Gasteiger partial charge in [-0.25, -0.2) is 4.98 Å². The Morgan fingerprint density at radius 1 is 0.929 bits per heavy atom. The van der Waals surface area contributed by atoms with Gasteiger partial charge in [0.25, 0.3) is 5.91 Å². The van der Waals surface area contributed by atoms with E-state index in [1.165, 1.54) is 6.20 Å². The molecule has 140 valence electrons. The van der Waals surface area contributed by atoms with Crippen LogP contribution < -0.4 is 11.1 Å². The zero-order chi connectivity index (χ0) is 19.7. The van der Waals surface area contributed by atoms with E-state index in [2.05, 4.69) is 25.5 Å². The number of nitrogen functional groups attached to an aromatic ring is 1. The number of carbonyl (C=O) groups excluding carboxylic acids is 1. The largest absolute Gasteiger partial charge is 0.397 e. The van der Waals surface area contributed by atoms with Gasteiger partial charge < -0.3 is 11.1 Å². The minimum atomic E-state index is -0.389. The number of carbonyl (C=O) groups is 1. The van der Waals surface area contributed by atoms with Gasteiger partial charge in [-0.1, -0.05) is 6.07 Å². The number of hydrogen-bond donors (Lipinski definition) is 2. The SMILES string of the molecule is Cn1cc(-c2ccc(N)c(NC(=O)c3cnc(-c4cnn(C)c4)cn3)c2)cn1. The highest BCUT2D eigenvalue weighted by molar-refractivity contribution is 6.04. The number of nitrogens with two attached hydrogens (primary N) is 1. The lowest BCUT2D eigenvalue weighted by Crippen LogP contribution is -2.15. The van der Waals surface area contributed by atoms with Gasteiger partial charge in [-0.05, 0) is 17.7 Å². The Bertz CT molecular complexity index is 1140. The molecule has 9 nitrogen and oxygen atoms in total. The van der Waals surface area contributed by atoms with Crippen LogP contribution in [-0.2, 0) is 14.1 Å². The minimum Gasteiger partial charge on any atom is -0.397 e. The summed E-state index contributed by atoms with van der Waals surface area (Å²) in [5, 5.41) is 11.1. The molecule has 3 N–H and O–H groups in total. The molecule has 0 saturated heterocycles. The number of aryl methyl sites for hydroxylation is 2. The van der Waals surface area contributed by atoms with Gasteiger partial charge in [-0.2, -0.15) is 10.2 Å². The van der Waals surface area contributed by atoms with Crippen LogP contribution in [0, 0.1) is 0 Å². The normalized spacial score (nSPS) is 10.8. The van der Waals surface area contributed by atoms with E-state index < -0.39 is 0 Å². The summed E-state index contributed by atoms with van der Waals surface area (Å²) in [5.74, 6) is -0.389. The zero-order valence-corrected chi connectivity index (χ0v) is 15.4. The highest BCUT2D eigenvalue weighted by Gasteiger charge is 2.13. The first kappa shape index (κ1) is 17.4. The van der Waals surface area contributed by atoms with Gasteiger partial charge in [0.15, 0.2) is 0 Å². The van der Waals surface area contributed by atoms with E-state index in [0.717, 1.165) is 16.7 Å². The second-order valence-corrected chi connectivity index (χ2v) is 6.35. The molecule has 0 fully saturated rings. The average molecular weight is 374 g/mol. The Kier molecular flexibility index (Phi) is 4.32. The molecule has 4 aromatic rings. The first-order chi connectivity index (χ1) is 13.5. The summed E-state index contributed by atoms with van der Waals surface area (Å²) in [6, 6.07) is 5.43. The number of benzene rings is 1. The molecule has 4 rings (SSSR count). The Morgan fingerprint density at radius 2 is 1.64 bits per heavy atom. The maximum absolute atomic E-state index is 12.6. The lowest BCUT2D eigenvalue weighted by molar-refractivity contribution is 0.102. The van der Waals surface area contributed by atoms with Gasteiger partial charge in [-0.15, -0.1) is 0 Å². The van der Waals surface area contributed by atoms with Crippen LogP contribution in [0.3, 0.4) is 0 Å². The molecule has 0 spiro atoms. The second kappa shape index (κ2) is 6.95. The van der Waals surface area contributed by atoms with Crippen molar-refractivity contribution in [2.24, 2.45) is 14.1 Å². The van der Waals surface area contributed by atoms with Crippen molar-refractivity contribution >= 4 is 17.3 Å². The van der Waals surface area contributed by atoms with Gasteiger partial charge in [0.2, 0.25) is 0 Å². The molecule has 0 radical (unpaired) electrons. The van der Waals surface area contributed by atoms with E-state index in [9.17, 15) is 4.79 Å². The molecule has 0 saturated carbocycles. The molecule has 1 amide bonds. The standard InChI is InChI=1S/C19H18N8O/c1-26-10-13(6-23-26)12-3-4-15(20)16(5-12)25-19(28)18-9-21-17(8-22-18)14-7-24-27(2)11-14/h3-11H,20H2,1-2H3,(H,25,28). The highest BCUT2D eigenvalue weighted by Crippen LogP contribution is 2.27. The molecule has 0 aliphatic heterocycles. The maximum Gasteiger partial charge on any atom is 0.275 e. The van der Waals surface area contributed by atoms with Gasteiger partial charge in [-0.3, -0.25) is 19.1 Å². The monoisotopic (exact) mass is 374 g/mol. The van der Waals surface area contributed by atoms with Gasteiger partial charge >= 0.3 is 0 Å². The molecule has 0 unspecified atom stereocenters. The zero-order valence-electron chi connectivity index (χ0n) is 15.4. The Morgan fingerprint density at radius 3 is 2.25 bits per heavy atom. The summed E-state index contributed by atoms with van der Waals surface area (Å²) in [6.45, 7) is 0. The van der Waals surface area contributed by atoms with E-state index in [1.54, 1.807) is 34.0 Å². The fourth-order valence-corrected chi connectivity index (χ4v) is 2.75. The molecule has 3 aromatic heterocycles. The Balaban J connectivity index is 1.55. The Labute approximate surface area is 160 Å². The van der Waals surface area contributed by atoms with Gasteiger partial charge in [0, 0.05) is 37.6 Å². The van der Waals surface area contributed by atoms with Crippen molar-refractivity contribution < 1.29 is 4.79 Å². The number of anilines is 2. The van der Waals surface area contributed by atoms with E-state index in [4.69, 9.17) is 5.73 Å². The molecule has 9 heteroatoms. The molecule has 0 aliphatic rings. The van der Waals surface area contributed by atoms with E-state index in [1.807, 2.05) is 38.6 Å². The van der Waals surface area contributed by atoms with Crippen LogP contribution in [0.25, 0.3) is 22.4 Å². The first-order valence-electron chi connectivity index (χ1n) is 8.50. The van der Waals surface area contributed by atoms with Crippen molar-refractivity contribution in [1.82, 2.24) is 29.5 Å².